The monoisotopic (exact) mass is 399 g/mol. The molecule has 2 N–H and O–H groups in total. The van der Waals surface area contributed by atoms with Gasteiger partial charge in [-0.15, -0.1) is 4.89 Å². The highest BCUT2D eigenvalue weighted by atomic mass is 17.2. The highest BCUT2D eigenvalue weighted by molar-refractivity contribution is 5.88. The molecule has 2 aromatic carbocycles. The van der Waals surface area contributed by atoms with Crippen molar-refractivity contribution < 1.29 is 19.3 Å². The number of benzene rings is 2. The molecule has 0 radical (unpaired) electrons. The Morgan fingerprint density at radius 2 is 1.66 bits per heavy atom. The SMILES string of the molecule is CCC(CN)C(c1ccc(OC(C)OOC(=O)c2ccccc2)cc1)C(C)(C)C. The highest BCUT2D eigenvalue weighted by Gasteiger charge is 2.32. The topological polar surface area (TPSA) is 70.8 Å². The second-order valence-corrected chi connectivity index (χ2v) is 8.34. The maximum absolute atomic E-state index is 11.9. The van der Waals surface area contributed by atoms with E-state index < -0.39 is 12.3 Å². The largest absolute Gasteiger partial charge is 0.461 e. The van der Waals surface area contributed by atoms with Crippen molar-refractivity contribution in [3.05, 3.63) is 65.7 Å². The zero-order chi connectivity index (χ0) is 21.4. The minimum atomic E-state index is -0.737. The Balaban J connectivity index is 1.97. The van der Waals surface area contributed by atoms with Gasteiger partial charge in [0.1, 0.15) is 5.75 Å². The lowest BCUT2D eigenvalue weighted by Gasteiger charge is -2.37. The van der Waals surface area contributed by atoms with Gasteiger partial charge >= 0.3 is 5.97 Å². The molecule has 0 bridgehead atoms. The van der Waals surface area contributed by atoms with Crippen LogP contribution in [0.1, 0.15) is 62.9 Å². The minimum Gasteiger partial charge on any atom is -0.461 e. The van der Waals surface area contributed by atoms with E-state index in [1.54, 1.807) is 31.2 Å². The van der Waals surface area contributed by atoms with Crippen molar-refractivity contribution in [2.24, 2.45) is 17.1 Å². The summed E-state index contributed by atoms with van der Waals surface area (Å²) in [6, 6.07) is 16.6. The van der Waals surface area contributed by atoms with Gasteiger partial charge in [0.2, 0.25) is 6.29 Å². The first-order valence-electron chi connectivity index (χ1n) is 10.2. The van der Waals surface area contributed by atoms with Gasteiger partial charge in [0, 0.05) is 6.92 Å². The summed E-state index contributed by atoms with van der Waals surface area (Å²) in [5, 5.41) is 0. The van der Waals surface area contributed by atoms with Crippen molar-refractivity contribution in [1.29, 1.82) is 0 Å². The molecule has 3 unspecified atom stereocenters. The molecule has 5 nitrogen and oxygen atoms in total. The molecule has 0 spiro atoms. The van der Waals surface area contributed by atoms with Crippen LogP contribution in [-0.4, -0.2) is 18.8 Å². The summed E-state index contributed by atoms with van der Waals surface area (Å²) < 4.78 is 5.71. The molecular weight excluding hydrogens is 366 g/mol. The first kappa shape index (κ1) is 22.9. The van der Waals surface area contributed by atoms with E-state index in [1.165, 1.54) is 5.56 Å². The fourth-order valence-electron chi connectivity index (χ4n) is 3.72. The van der Waals surface area contributed by atoms with Crippen molar-refractivity contribution in [2.75, 3.05) is 6.54 Å². The molecule has 0 aliphatic rings. The van der Waals surface area contributed by atoms with E-state index in [9.17, 15) is 4.79 Å². The van der Waals surface area contributed by atoms with E-state index in [1.807, 2.05) is 18.2 Å². The molecular formula is C24H33NO4. The third-order valence-corrected chi connectivity index (χ3v) is 5.04. The molecule has 5 heteroatoms. The van der Waals surface area contributed by atoms with Crippen LogP contribution in [0.5, 0.6) is 5.75 Å². The van der Waals surface area contributed by atoms with Gasteiger partial charge in [-0.3, -0.25) is 4.89 Å². The standard InChI is InChI=1S/C24H33NO4/c1-6-18(16-25)22(24(3,4)5)19-12-14-21(15-13-19)27-17(2)28-29-23(26)20-10-8-7-9-11-20/h7-15,17-18,22H,6,16,25H2,1-5H3. The van der Waals surface area contributed by atoms with Crippen molar-refractivity contribution in [1.82, 2.24) is 0 Å². The average Bonchev–Trinajstić information content (AvgIpc) is 2.70. The van der Waals surface area contributed by atoms with Crippen LogP contribution in [0.2, 0.25) is 0 Å². The number of hydrogen-bond acceptors (Lipinski definition) is 5. The average molecular weight is 400 g/mol. The van der Waals surface area contributed by atoms with Crippen LogP contribution >= 0.6 is 0 Å². The van der Waals surface area contributed by atoms with Crippen LogP contribution in [-0.2, 0) is 9.78 Å². The second kappa shape index (κ2) is 10.4. The van der Waals surface area contributed by atoms with E-state index in [0.29, 0.717) is 29.7 Å². The van der Waals surface area contributed by atoms with Crippen LogP contribution in [0.3, 0.4) is 0 Å². The van der Waals surface area contributed by atoms with Crippen LogP contribution in [0.25, 0.3) is 0 Å². The number of nitrogens with two attached hydrogens (primary N) is 1. The lowest BCUT2D eigenvalue weighted by molar-refractivity contribution is -0.313. The third kappa shape index (κ3) is 6.58. The smallest absolute Gasteiger partial charge is 0.373 e. The van der Waals surface area contributed by atoms with Crippen molar-refractivity contribution in [2.45, 2.75) is 53.2 Å². The number of rotatable bonds is 9. The lowest BCUT2D eigenvalue weighted by Crippen LogP contribution is -2.30. The van der Waals surface area contributed by atoms with E-state index in [-0.39, 0.29) is 5.41 Å². The van der Waals surface area contributed by atoms with Crippen LogP contribution in [0, 0.1) is 11.3 Å². The molecule has 0 saturated heterocycles. The zero-order valence-corrected chi connectivity index (χ0v) is 18.1. The molecule has 29 heavy (non-hydrogen) atoms. The first-order chi connectivity index (χ1) is 13.8. The summed E-state index contributed by atoms with van der Waals surface area (Å²) in [4.78, 5) is 21.9. The molecule has 2 aromatic rings. The Labute approximate surface area is 174 Å². The Kier molecular flexibility index (Phi) is 8.23. The number of ether oxygens (including phenoxy) is 1. The van der Waals surface area contributed by atoms with Gasteiger partial charge in [-0.1, -0.05) is 64.4 Å². The van der Waals surface area contributed by atoms with Gasteiger partial charge in [-0.2, -0.15) is 0 Å². The summed E-state index contributed by atoms with van der Waals surface area (Å²) in [5.74, 6) is 0.857. The first-order valence-corrected chi connectivity index (χ1v) is 10.2. The minimum absolute atomic E-state index is 0.102. The molecule has 0 aliphatic heterocycles. The molecule has 2 rings (SSSR count). The normalized spacial score (nSPS) is 14.7. The second-order valence-electron chi connectivity index (χ2n) is 8.34. The van der Waals surface area contributed by atoms with Gasteiger partial charge < -0.3 is 10.5 Å². The highest BCUT2D eigenvalue weighted by Crippen LogP contribution is 2.42. The predicted octanol–water partition coefficient (Wildman–Crippen LogP) is 5.31. The van der Waals surface area contributed by atoms with Gasteiger partial charge in [-0.05, 0) is 53.6 Å². The summed E-state index contributed by atoms with van der Waals surface area (Å²) in [6.45, 7) is 11.3. The van der Waals surface area contributed by atoms with E-state index in [4.69, 9.17) is 20.2 Å². The fraction of sp³-hybridized carbons (Fsp3) is 0.458. The van der Waals surface area contributed by atoms with Crippen molar-refractivity contribution in [3.63, 3.8) is 0 Å². The third-order valence-electron chi connectivity index (χ3n) is 5.04. The van der Waals surface area contributed by atoms with Gasteiger partial charge in [-0.25, -0.2) is 4.79 Å². The summed E-state index contributed by atoms with van der Waals surface area (Å²) in [7, 11) is 0. The molecule has 0 saturated carbocycles. The number of carbonyl (C=O) groups is 1. The molecule has 0 aliphatic carbocycles. The molecule has 0 heterocycles. The van der Waals surface area contributed by atoms with E-state index in [0.717, 1.165) is 6.42 Å². The predicted molar refractivity (Wildman–Crippen MR) is 115 cm³/mol. The molecule has 0 fully saturated rings. The molecule has 158 valence electrons. The maximum Gasteiger partial charge on any atom is 0.373 e. The maximum atomic E-state index is 11.9. The summed E-state index contributed by atoms with van der Waals surface area (Å²) in [6.07, 6.45) is 0.299. The Morgan fingerprint density at radius 3 is 2.17 bits per heavy atom. The summed E-state index contributed by atoms with van der Waals surface area (Å²) >= 11 is 0. The molecule has 3 atom stereocenters. The van der Waals surface area contributed by atoms with Crippen molar-refractivity contribution in [3.8, 4) is 5.75 Å². The fourth-order valence-corrected chi connectivity index (χ4v) is 3.72. The zero-order valence-electron chi connectivity index (χ0n) is 18.1. The van der Waals surface area contributed by atoms with Crippen LogP contribution in [0.15, 0.2) is 54.6 Å². The van der Waals surface area contributed by atoms with Gasteiger partial charge in [0.05, 0.1) is 5.56 Å². The summed E-state index contributed by atoms with van der Waals surface area (Å²) in [5.41, 5.74) is 7.79. The van der Waals surface area contributed by atoms with Gasteiger partial charge in [0.25, 0.3) is 0 Å². The van der Waals surface area contributed by atoms with Crippen LogP contribution in [0.4, 0.5) is 0 Å². The van der Waals surface area contributed by atoms with E-state index in [2.05, 4.69) is 39.8 Å². The van der Waals surface area contributed by atoms with E-state index >= 15 is 0 Å². The van der Waals surface area contributed by atoms with Crippen molar-refractivity contribution >= 4 is 5.97 Å². The Bertz CT molecular complexity index is 749. The molecule has 0 amide bonds. The van der Waals surface area contributed by atoms with Crippen LogP contribution < -0.4 is 10.5 Å². The number of carbonyl (C=O) groups excluding carboxylic acids is 1. The lowest BCUT2D eigenvalue weighted by atomic mass is 9.68. The Morgan fingerprint density at radius 1 is 1.03 bits per heavy atom. The Hall–Kier alpha value is -2.37. The van der Waals surface area contributed by atoms with Gasteiger partial charge in [0.15, 0.2) is 0 Å². The molecule has 0 aromatic heterocycles. The quantitative estimate of drug-likeness (QED) is 0.351. The number of hydrogen-bond donors (Lipinski definition) is 1.